The highest BCUT2D eigenvalue weighted by Crippen LogP contribution is 2.38. The summed E-state index contributed by atoms with van der Waals surface area (Å²) in [5.41, 5.74) is 0.278. The summed E-state index contributed by atoms with van der Waals surface area (Å²) in [5.74, 6) is -1.50. The van der Waals surface area contributed by atoms with Gasteiger partial charge in [-0.2, -0.15) is 0 Å². The zero-order valence-corrected chi connectivity index (χ0v) is 25.4. The first-order chi connectivity index (χ1) is 17.8. The molecule has 0 aromatic heterocycles. The van der Waals surface area contributed by atoms with Gasteiger partial charge in [0.1, 0.15) is 23.4 Å². The van der Waals surface area contributed by atoms with Crippen LogP contribution in [0, 0.1) is 19.8 Å². The van der Waals surface area contributed by atoms with Crippen LogP contribution in [-0.2, 0) is 14.3 Å². The molecule has 0 heterocycles. The van der Waals surface area contributed by atoms with Gasteiger partial charge in [-0.3, -0.25) is 9.59 Å². The molecular weight excluding hydrogens is 518 g/mol. The number of halogens is 1. The molecule has 3 N–H and O–H groups in total. The summed E-state index contributed by atoms with van der Waals surface area (Å²) in [6.07, 6.45) is -0.741. The maximum atomic E-state index is 14.3. The summed E-state index contributed by atoms with van der Waals surface area (Å²) in [6, 6.07) is 8.04. The van der Waals surface area contributed by atoms with Crippen LogP contribution >= 0.6 is 11.6 Å². The van der Waals surface area contributed by atoms with E-state index >= 15 is 0 Å². The molecule has 2 aromatic carbocycles. The smallest absolute Gasteiger partial charge is 0.408 e. The van der Waals surface area contributed by atoms with E-state index in [9.17, 15) is 19.5 Å². The molecule has 0 radical (unpaired) electrons. The van der Waals surface area contributed by atoms with E-state index in [1.54, 1.807) is 92.6 Å². The van der Waals surface area contributed by atoms with Crippen molar-refractivity contribution in [2.24, 2.45) is 5.92 Å². The topological polar surface area (TPSA) is 108 Å². The van der Waals surface area contributed by atoms with E-state index in [4.69, 9.17) is 16.3 Å². The summed E-state index contributed by atoms with van der Waals surface area (Å²) in [7, 11) is 0. The Morgan fingerprint density at radius 2 is 1.51 bits per heavy atom. The Labute approximate surface area is 237 Å². The van der Waals surface area contributed by atoms with Crippen molar-refractivity contribution >= 4 is 35.2 Å². The molecule has 0 spiro atoms. The number of nitrogens with one attached hydrogen (secondary N) is 2. The number of carbonyl (C=O) groups is 3. The van der Waals surface area contributed by atoms with E-state index in [-0.39, 0.29) is 17.2 Å². The minimum Gasteiger partial charge on any atom is -0.507 e. The molecule has 0 saturated heterocycles. The summed E-state index contributed by atoms with van der Waals surface area (Å²) >= 11 is 6.41. The number of ether oxygens (including phenoxy) is 1. The molecule has 0 aliphatic heterocycles. The summed E-state index contributed by atoms with van der Waals surface area (Å²) < 4.78 is 5.41. The van der Waals surface area contributed by atoms with Crippen LogP contribution in [0.2, 0.25) is 5.02 Å². The largest absolute Gasteiger partial charge is 0.507 e. The lowest BCUT2D eigenvalue weighted by Crippen LogP contribution is -2.59. The number of phenolic OH excluding ortho intramolecular Hbond substituents is 1. The Morgan fingerprint density at radius 3 is 2.03 bits per heavy atom. The van der Waals surface area contributed by atoms with Crippen LogP contribution in [0.1, 0.15) is 78.1 Å². The number of anilines is 1. The molecule has 0 saturated carbocycles. The van der Waals surface area contributed by atoms with E-state index < -0.39 is 41.1 Å². The van der Waals surface area contributed by atoms with Crippen LogP contribution in [-0.4, -0.2) is 45.1 Å². The third-order valence-electron chi connectivity index (χ3n) is 6.11. The van der Waals surface area contributed by atoms with Crippen LogP contribution < -0.4 is 10.6 Å². The molecule has 3 amide bonds. The predicted octanol–water partition coefficient (Wildman–Crippen LogP) is 6.52. The molecule has 2 aromatic rings. The number of hydrogen-bond acceptors (Lipinski definition) is 5. The van der Waals surface area contributed by atoms with Crippen molar-refractivity contribution in [1.29, 1.82) is 0 Å². The zero-order chi connectivity index (χ0) is 29.9. The molecule has 0 fully saturated rings. The van der Waals surface area contributed by atoms with Gasteiger partial charge in [0.2, 0.25) is 5.91 Å². The normalized spacial score (nSPS) is 13.4. The third kappa shape index (κ3) is 8.12. The number of nitrogens with zero attached hydrogens (tertiary/aromatic N) is 1. The number of phenols is 1. The van der Waals surface area contributed by atoms with E-state index in [0.717, 1.165) is 5.56 Å². The van der Waals surface area contributed by atoms with Gasteiger partial charge in [0.25, 0.3) is 5.91 Å². The number of aryl methyl sites for hydroxylation is 2. The number of para-hydroxylation sites is 2. The van der Waals surface area contributed by atoms with Gasteiger partial charge < -0.3 is 25.4 Å². The SMILES string of the molecule is Cc1cccc(C(C(=O)Nc2c(C)cccc2Cl)N(C(=O)C(NC(=O)OC(C)(C)C)C(C)C)C(C)(C)C)c1O. The Hall–Kier alpha value is -3.26. The van der Waals surface area contributed by atoms with Crippen LogP contribution in [0.3, 0.4) is 0 Å². The fraction of sp³-hybridized carbons (Fsp3) is 0.500. The van der Waals surface area contributed by atoms with Gasteiger partial charge in [0.05, 0.1) is 10.7 Å². The summed E-state index contributed by atoms with van der Waals surface area (Å²) in [4.78, 5) is 42.5. The third-order valence-corrected chi connectivity index (χ3v) is 6.42. The average Bonchev–Trinajstić information content (AvgIpc) is 2.77. The second-order valence-electron chi connectivity index (χ2n) is 12.1. The quantitative estimate of drug-likeness (QED) is 0.358. The van der Waals surface area contributed by atoms with Crippen molar-refractivity contribution in [3.63, 3.8) is 0 Å². The van der Waals surface area contributed by atoms with E-state index in [2.05, 4.69) is 10.6 Å². The van der Waals surface area contributed by atoms with Crippen molar-refractivity contribution in [2.45, 2.75) is 92.5 Å². The average molecular weight is 560 g/mol. The van der Waals surface area contributed by atoms with Crippen LogP contribution in [0.15, 0.2) is 36.4 Å². The Kier molecular flexibility index (Phi) is 10.1. The van der Waals surface area contributed by atoms with E-state index in [1.807, 2.05) is 13.0 Å². The lowest BCUT2D eigenvalue weighted by Gasteiger charge is -2.43. The number of rotatable bonds is 7. The van der Waals surface area contributed by atoms with Crippen LogP contribution in [0.5, 0.6) is 5.75 Å². The fourth-order valence-electron chi connectivity index (χ4n) is 4.22. The number of hydrogen-bond donors (Lipinski definition) is 3. The molecule has 2 atom stereocenters. The molecule has 8 nitrogen and oxygen atoms in total. The summed E-state index contributed by atoms with van der Waals surface area (Å²) in [6.45, 7) is 17.7. The minimum absolute atomic E-state index is 0.100. The maximum absolute atomic E-state index is 14.3. The van der Waals surface area contributed by atoms with E-state index in [1.165, 1.54) is 4.90 Å². The highest BCUT2D eigenvalue weighted by Gasteiger charge is 2.44. The van der Waals surface area contributed by atoms with Gasteiger partial charge >= 0.3 is 6.09 Å². The first kappa shape index (κ1) is 32.0. The van der Waals surface area contributed by atoms with Gasteiger partial charge in [-0.05, 0) is 78.5 Å². The van der Waals surface area contributed by atoms with Gasteiger partial charge in [0, 0.05) is 11.1 Å². The minimum atomic E-state index is -1.25. The molecule has 2 unspecified atom stereocenters. The number of alkyl carbamates (subject to hydrolysis) is 1. The highest BCUT2D eigenvalue weighted by atomic mass is 35.5. The number of aromatic hydroxyl groups is 1. The molecule has 0 aliphatic rings. The predicted molar refractivity (Wildman–Crippen MR) is 155 cm³/mol. The molecule has 9 heteroatoms. The molecule has 214 valence electrons. The standard InChI is InChI=1S/C30H42ClN3O5/c1-17(2)22(33-28(38)39-30(8,9)10)27(37)34(29(5,6)7)24(20-15-11-14-19(4)25(20)35)26(36)32-23-18(3)13-12-16-21(23)31/h11-17,22,24,35H,1-10H3,(H,32,36)(H,33,38). The van der Waals surface area contributed by atoms with Crippen molar-refractivity contribution in [1.82, 2.24) is 10.2 Å². The first-order valence-corrected chi connectivity index (χ1v) is 13.4. The van der Waals surface area contributed by atoms with Crippen molar-refractivity contribution in [2.75, 3.05) is 5.32 Å². The number of amides is 3. The zero-order valence-electron chi connectivity index (χ0n) is 24.6. The second kappa shape index (κ2) is 12.3. The molecule has 2 rings (SSSR count). The molecule has 39 heavy (non-hydrogen) atoms. The van der Waals surface area contributed by atoms with Crippen LogP contribution in [0.4, 0.5) is 10.5 Å². The summed E-state index contributed by atoms with van der Waals surface area (Å²) in [5, 5.41) is 17.0. The molecule has 0 aliphatic carbocycles. The Morgan fingerprint density at radius 1 is 0.949 bits per heavy atom. The van der Waals surface area contributed by atoms with E-state index in [0.29, 0.717) is 16.3 Å². The highest BCUT2D eigenvalue weighted by molar-refractivity contribution is 6.34. The van der Waals surface area contributed by atoms with Crippen molar-refractivity contribution < 1.29 is 24.2 Å². The van der Waals surface area contributed by atoms with Crippen molar-refractivity contribution in [3.05, 3.63) is 58.1 Å². The van der Waals surface area contributed by atoms with Gasteiger partial charge in [-0.1, -0.05) is 55.8 Å². The molecular formula is C30H42ClN3O5. The van der Waals surface area contributed by atoms with Gasteiger partial charge in [-0.15, -0.1) is 0 Å². The molecule has 0 bridgehead atoms. The number of carbonyl (C=O) groups excluding carboxylic acids is 3. The lowest BCUT2D eigenvalue weighted by molar-refractivity contribution is -0.147. The Balaban J connectivity index is 2.69. The monoisotopic (exact) mass is 559 g/mol. The maximum Gasteiger partial charge on any atom is 0.408 e. The lowest BCUT2D eigenvalue weighted by atomic mass is 9.92. The van der Waals surface area contributed by atoms with Crippen molar-refractivity contribution in [3.8, 4) is 5.75 Å². The van der Waals surface area contributed by atoms with Crippen LogP contribution in [0.25, 0.3) is 0 Å². The fourth-order valence-corrected chi connectivity index (χ4v) is 4.49. The van der Waals surface area contributed by atoms with Gasteiger partial charge in [-0.25, -0.2) is 4.79 Å². The Bertz CT molecular complexity index is 1190. The first-order valence-electron chi connectivity index (χ1n) is 13.0. The number of benzene rings is 2. The second-order valence-corrected chi connectivity index (χ2v) is 12.5. The van der Waals surface area contributed by atoms with Gasteiger partial charge in [0.15, 0.2) is 0 Å².